The molecule has 1 heterocycles. The Labute approximate surface area is 225 Å². The second-order valence-electron chi connectivity index (χ2n) is 9.31. The summed E-state index contributed by atoms with van der Waals surface area (Å²) in [5.74, 6) is -1.97. The second kappa shape index (κ2) is 14.5. The van der Waals surface area contributed by atoms with Crippen LogP contribution in [0.4, 0.5) is 0 Å². The highest BCUT2D eigenvalue weighted by atomic mass is 32.2. The molecular formula is C29H37NO7S. The van der Waals surface area contributed by atoms with E-state index in [0.29, 0.717) is 18.5 Å². The van der Waals surface area contributed by atoms with E-state index < -0.39 is 21.8 Å². The SMILES string of the molecule is COC(=O)C(=CC(C)C)C(=O)c1ccc(CCCCC/C=C/COC(C)=O)n1S(=O)(=O)c1ccc(C)cc1. The van der Waals surface area contributed by atoms with Gasteiger partial charge in [0.2, 0.25) is 5.78 Å². The third-order valence-electron chi connectivity index (χ3n) is 5.71. The van der Waals surface area contributed by atoms with Gasteiger partial charge in [0.05, 0.1) is 12.0 Å². The van der Waals surface area contributed by atoms with Gasteiger partial charge in [0.25, 0.3) is 10.0 Å². The zero-order chi connectivity index (χ0) is 28.3. The number of methoxy groups -OCH3 is 1. The van der Waals surface area contributed by atoms with Gasteiger partial charge in [-0.2, -0.15) is 0 Å². The summed E-state index contributed by atoms with van der Waals surface area (Å²) in [6.07, 6.45) is 8.85. The number of aromatic nitrogens is 1. The Morgan fingerprint density at radius 2 is 1.66 bits per heavy atom. The number of unbranched alkanes of at least 4 members (excludes halogenated alkanes) is 3. The number of carbonyl (C=O) groups is 3. The topological polar surface area (TPSA) is 109 Å². The molecule has 0 aliphatic heterocycles. The molecule has 0 atom stereocenters. The van der Waals surface area contributed by atoms with Gasteiger partial charge >= 0.3 is 11.9 Å². The van der Waals surface area contributed by atoms with Crippen molar-refractivity contribution >= 4 is 27.7 Å². The number of nitrogens with zero attached hydrogens (tertiary/aromatic N) is 1. The molecule has 0 spiro atoms. The van der Waals surface area contributed by atoms with Gasteiger partial charge in [0.1, 0.15) is 17.9 Å². The molecule has 8 nitrogen and oxygen atoms in total. The van der Waals surface area contributed by atoms with Crippen LogP contribution in [0, 0.1) is 12.8 Å². The number of hydrogen-bond acceptors (Lipinski definition) is 7. The van der Waals surface area contributed by atoms with Crippen molar-refractivity contribution in [2.75, 3.05) is 13.7 Å². The van der Waals surface area contributed by atoms with Crippen molar-refractivity contribution in [3.63, 3.8) is 0 Å². The number of rotatable bonds is 14. The van der Waals surface area contributed by atoms with E-state index in [-0.39, 0.29) is 34.7 Å². The van der Waals surface area contributed by atoms with Gasteiger partial charge in [-0.15, -0.1) is 0 Å². The number of allylic oxidation sites excluding steroid dienone is 2. The summed E-state index contributed by atoms with van der Waals surface area (Å²) in [6.45, 7) is 7.09. The number of aryl methyl sites for hydroxylation is 2. The Bertz CT molecular complexity index is 1280. The van der Waals surface area contributed by atoms with Gasteiger partial charge < -0.3 is 9.47 Å². The van der Waals surface area contributed by atoms with Gasteiger partial charge in [-0.25, -0.2) is 17.2 Å². The van der Waals surface area contributed by atoms with Crippen LogP contribution in [0.25, 0.3) is 0 Å². The first-order chi connectivity index (χ1) is 18.0. The van der Waals surface area contributed by atoms with E-state index in [1.54, 1.807) is 24.3 Å². The van der Waals surface area contributed by atoms with Crippen LogP contribution in [0.1, 0.15) is 68.2 Å². The molecule has 2 rings (SSSR count). The second-order valence-corrected chi connectivity index (χ2v) is 11.1. The maximum Gasteiger partial charge on any atom is 0.341 e. The van der Waals surface area contributed by atoms with Crippen molar-refractivity contribution < 1.29 is 32.3 Å². The van der Waals surface area contributed by atoms with Gasteiger partial charge in [-0.3, -0.25) is 9.59 Å². The Hall–Kier alpha value is -3.46. The highest BCUT2D eigenvalue weighted by Crippen LogP contribution is 2.25. The van der Waals surface area contributed by atoms with Crippen LogP contribution in [0.3, 0.4) is 0 Å². The first-order valence-electron chi connectivity index (χ1n) is 12.6. The molecular weight excluding hydrogens is 506 g/mol. The summed E-state index contributed by atoms with van der Waals surface area (Å²) in [5.41, 5.74) is 1.06. The highest BCUT2D eigenvalue weighted by Gasteiger charge is 2.30. The summed E-state index contributed by atoms with van der Waals surface area (Å²) >= 11 is 0. The maximum atomic E-state index is 13.8. The monoisotopic (exact) mass is 543 g/mol. The van der Waals surface area contributed by atoms with E-state index in [4.69, 9.17) is 9.47 Å². The van der Waals surface area contributed by atoms with Crippen molar-refractivity contribution in [3.05, 3.63) is 77.2 Å². The number of hydrogen-bond donors (Lipinski definition) is 0. The van der Waals surface area contributed by atoms with Gasteiger partial charge in [-0.05, 0) is 62.8 Å². The lowest BCUT2D eigenvalue weighted by molar-refractivity contribution is -0.139. The molecule has 0 fully saturated rings. The number of benzene rings is 1. The third-order valence-corrected chi connectivity index (χ3v) is 7.49. The van der Waals surface area contributed by atoms with E-state index in [2.05, 4.69) is 0 Å². The van der Waals surface area contributed by atoms with E-state index >= 15 is 0 Å². The number of esters is 2. The summed E-state index contributed by atoms with van der Waals surface area (Å²) in [5, 5.41) is 0. The standard InChI is InChI=1S/C29H37NO7S/c1-21(2)20-26(29(33)36-5)28(32)27-18-15-24(12-10-8-6-7-9-11-19-37-23(4)31)30(27)38(34,35)25-16-13-22(3)14-17-25/h9,11,13-18,20-21H,6-8,10,12,19H2,1-5H3/b11-9+,26-20?. The van der Waals surface area contributed by atoms with Gasteiger partial charge in [0.15, 0.2) is 0 Å². The molecule has 0 radical (unpaired) electrons. The van der Waals surface area contributed by atoms with Crippen molar-refractivity contribution in [1.82, 2.24) is 3.97 Å². The molecule has 1 aromatic heterocycles. The minimum atomic E-state index is -4.11. The van der Waals surface area contributed by atoms with Crippen LogP contribution in [0.15, 0.2) is 65.1 Å². The lowest BCUT2D eigenvalue weighted by Gasteiger charge is -2.15. The first-order valence-corrected chi connectivity index (χ1v) is 14.1. The van der Waals surface area contributed by atoms with E-state index in [0.717, 1.165) is 28.8 Å². The molecule has 206 valence electrons. The Morgan fingerprint density at radius 3 is 2.26 bits per heavy atom. The predicted molar refractivity (Wildman–Crippen MR) is 145 cm³/mol. The van der Waals surface area contributed by atoms with Gasteiger partial charge in [-0.1, -0.05) is 56.2 Å². The molecule has 9 heteroatoms. The highest BCUT2D eigenvalue weighted by molar-refractivity contribution is 7.90. The molecule has 0 N–H and O–H groups in total. The zero-order valence-electron chi connectivity index (χ0n) is 22.7. The van der Waals surface area contributed by atoms with E-state index in [9.17, 15) is 22.8 Å². The summed E-state index contributed by atoms with van der Waals surface area (Å²) in [7, 11) is -2.93. The molecule has 0 saturated heterocycles. The molecule has 0 saturated carbocycles. The molecule has 1 aromatic carbocycles. The number of carbonyl (C=O) groups excluding carboxylic acids is 3. The average molecular weight is 544 g/mol. The van der Waals surface area contributed by atoms with Crippen LogP contribution in [0.2, 0.25) is 0 Å². The molecule has 0 aliphatic rings. The first kappa shape index (κ1) is 30.8. The summed E-state index contributed by atoms with van der Waals surface area (Å²) in [4.78, 5) is 36.7. The van der Waals surface area contributed by atoms with Crippen LogP contribution < -0.4 is 0 Å². The van der Waals surface area contributed by atoms with Crippen molar-refractivity contribution in [2.24, 2.45) is 5.92 Å². The third kappa shape index (κ3) is 8.55. The largest absolute Gasteiger partial charge is 0.465 e. The molecule has 0 bridgehead atoms. The molecule has 0 unspecified atom stereocenters. The number of ether oxygens (including phenoxy) is 2. The fraction of sp³-hybridized carbons (Fsp3) is 0.414. The van der Waals surface area contributed by atoms with Crippen LogP contribution in [-0.4, -0.2) is 43.8 Å². The van der Waals surface area contributed by atoms with Crippen molar-refractivity contribution in [3.8, 4) is 0 Å². The van der Waals surface area contributed by atoms with Crippen LogP contribution in [-0.2, 0) is 35.5 Å². The molecule has 0 amide bonds. The Morgan fingerprint density at radius 1 is 0.974 bits per heavy atom. The minimum absolute atomic E-state index is 0.0555. The molecule has 38 heavy (non-hydrogen) atoms. The quantitative estimate of drug-likeness (QED) is 0.0613. The summed E-state index contributed by atoms with van der Waals surface area (Å²) < 4.78 is 38.2. The molecule has 0 aliphatic carbocycles. The summed E-state index contributed by atoms with van der Waals surface area (Å²) in [6, 6.07) is 9.50. The Kier molecular flexibility index (Phi) is 11.7. The van der Waals surface area contributed by atoms with Crippen LogP contribution >= 0.6 is 0 Å². The van der Waals surface area contributed by atoms with E-state index in [1.165, 1.54) is 38.3 Å². The smallest absolute Gasteiger partial charge is 0.341 e. The predicted octanol–water partition coefficient (Wildman–Crippen LogP) is 5.19. The van der Waals surface area contributed by atoms with Crippen LogP contribution in [0.5, 0.6) is 0 Å². The lowest BCUT2D eigenvalue weighted by Crippen LogP contribution is -2.24. The maximum absolute atomic E-state index is 13.8. The normalized spacial score (nSPS) is 12.2. The Balaban J connectivity index is 2.34. The average Bonchev–Trinajstić information content (AvgIpc) is 3.30. The fourth-order valence-electron chi connectivity index (χ4n) is 3.83. The minimum Gasteiger partial charge on any atom is -0.465 e. The molecule has 2 aromatic rings. The number of Topliss-reactive ketones (excluding diaryl/α,β-unsaturated/α-hetero) is 1. The fourth-order valence-corrected chi connectivity index (χ4v) is 5.39. The zero-order valence-corrected chi connectivity index (χ0v) is 23.5. The van der Waals surface area contributed by atoms with Gasteiger partial charge in [0, 0.05) is 12.6 Å². The lowest BCUT2D eigenvalue weighted by atomic mass is 10.0. The van der Waals surface area contributed by atoms with Crippen molar-refractivity contribution in [2.45, 2.75) is 64.7 Å². The van der Waals surface area contributed by atoms with E-state index in [1.807, 2.05) is 26.8 Å². The van der Waals surface area contributed by atoms with Crippen molar-refractivity contribution in [1.29, 1.82) is 0 Å². The number of ketones is 1.